The van der Waals surface area contributed by atoms with Crippen molar-refractivity contribution < 1.29 is 33.8 Å². The minimum absolute atomic E-state index is 0.0153. The molecule has 0 aromatic heterocycles. The molecule has 10 nitrogen and oxygen atoms in total. The maximum absolute atomic E-state index is 12.9. The van der Waals surface area contributed by atoms with E-state index in [9.17, 15) is 24.0 Å². The topological polar surface area (TPSA) is 142 Å². The van der Waals surface area contributed by atoms with Gasteiger partial charge in [0.1, 0.15) is 18.2 Å². The second-order valence-electron chi connectivity index (χ2n) is 9.94. The van der Waals surface area contributed by atoms with Gasteiger partial charge in [0.15, 0.2) is 5.78 Å². The summed E-state index contributed by atoms with van der Waals surface area (Å²) >= 11 is 0. The first-order valence-corrected chi connectivity index (χ1v) is 12.8. The summed E-state index contributed by atoms with van der Waals surface area (Å²) in [6.07, 6.45) is -0.0155. The third-order valence-electron chi connectivity index (χ3n) is 5.67. The van der Waals surface area contributed by atoms with Crippen molar-refractivity contribution in [3.05, 3.63) is 71.3 Å². The maximum atomic E-state index is 12.9. The number of nitrogens with one attached hydrogen (secondary N) is 2. The lowest BCUT2D eigenvalue weighted by molar-refractivity contribution is -0.143. The summed E-state index contributed by atoms with van der Waals surface area (Å²) in [5, 5.41) is 13.7. The van der Waals surface area contributed by atoms with E-state index in [1.54, 1.807) is 24.3 Å². The molecular formula is C29H37N3O7. The first-order valence-electron chi connectivity index (χ1n) is 12.8. The number of aliphatic carboxylic acids is 1. The number of alkyl carbamates (subject to hydrolysis) is 1. The third kappa shape index (κ3) is 10.6. The molecule has 1 unspecified atom stereocenters. The van der Waals surface area contributed by atoms with Gasteiger partial charge in [0, 0.05) is 37.9 Å². The number of carbonyl (C=O) groups excluding carboxylic acids is 4. The van der Waals surface area contributed by atoms with Crippen LogP contribution in [0.1, 0.15) is 62.0 Å². The molecule has 3 N–H and O–H groups in total. The van der Waals surface area contributed by atoms with E-state index in [0.717, 1.165) is 11.1 Å². The average Bonchev–Trinajstić information content (AvgIpc) is 2.89. The van der Waals surface area contributed by atoms with Crippen molar-refractivity contribution >= 4 is 29.7 Å². The molecule has 2 aromatic rings. The monoisotopic (exact) mass is 539 g/mol. The molecule has 0 radical (unpaired) electrons. The van der Waals surface area contributed by atoms with Crippen LogP contribution in [-0.4, -0.2) is 64.4 Å². The number of amides is 3. The fraction of sp³-hybridized carbons (Fsp3) is 0.414. The Morgan fingerprint density at radius 3 is 2.13 bits per heavy atom. The number of carboxylic acids is 1. The average molecular weight is 540 g/mol. The van der Waals surface area contributed by atoms with Crippen molar-refractivity contribution in [2.75, 3.05) is 13.1 Å². The van der Waals surface area contributed by atoms with E-state index >= 15 is 0 Å². The van der Waals surface area contributed by atoms with E-state index in [1.807, 2.05) is 58.0 Å². The molecule has 210 valence electrons. The smallest absolute Gasteiger partial charge is 0.407 e. The molecule has 1 aliphatic rings. The number of hydrogen-bond donors (Lipinski definition) is 3. The minimum atomic E-state index is -1.15. The number of ketones is 1. The highest BCUT2D eigenvalue weighted by molar-refractivity contribution is 5.98. The van der Waals surface area contributed by atoms with Gasteiger partial charge in [-0.1, -0.05) is 54.6 Å². The summed E-state index contributed by atoms with van der Waals surface area (Å²) in [5.41, 5.74) is 2.05. The molecule has 10 heteroatoms. The number of benzene rings is 2. The number of carboxylic acid groups (broad SMARTS) is 1. The summed E-state index contributed by atoms with van der Waals surface area (Å²) < 4.78 is 4.93. The van der Waals surface area contributed by atoms with E-state index in [2.05, 4.69) is 10.6 Å². The zero-order valence-corrected chi connectivity index (χ0v) is 22.9. The maximum Gasteiger partial charge on any atom is 0.407 e. The van der Waals surface area contributed by atoms with Crippen LogP contribution in [0.2, 0.25) is 0 Å². The molecule has 1 heterocycles. The van der Waals surface area contributed by atoms with E-state index in [-0.39, 0.29) is 42.8 Å². The lowest BCUT2D eigenvalue weighted by Crippen LogP contribution is -2.53. The molecule has 1 aliphatic heterocycles. The standard InChI is InChI=1S/C22H22N2O5.C7H15NO2/c25-19(15-6-2-1-3-7-15)10-11-20(26)24-14-17-9-5-4-8-16(17)12-18(24)22(29)23-13-21(27)28;1-5-8-6(9)10-7(2,3)4/h1-9,18H,10-14H2,(H,23,29)(H,27,28);5H2,1-4H3,(H,8,9). The molecule has 3 amide bonds. The molecule has 0 aliphatic carbocycles. The van der Waals surface area contributed by atoms with Crippen LogP contribution in [0.15, 0.2) is 54.6 Å². The van der Waals surface area contributed by atoms with E-state index in [0.29, 0.717) is 18.5 Å². The van der Waals surface area contributed by atoms with Crippen LogP contribution in [0.25, 0.3) is 0 Å². The zero-order valence-electron chi connectivity index (χ0n) is 22.9. The Hall–Kier alpha value is -4.21. The number of rotatable bonds is 8. The van der Waals surface area contributed by atoms with Crippen LogP contribution in [0.4, 0.5) is 4.79 Å². The molecule has 0 fully saturated rings. The lowest BCUT2D eigenvalue weighted by atomic mass is 9.93. The summed E-state index contributed by atoms with van der Waals surface area (Å²) in [5.74, 6) is -2.10. The van der Waals surface area contributed by atoms with Gasteiger partial charge < -0.3 is 25.4 Å². The number of fused-ring (bicyclic) bond motifs is 1. The fourth-order valence-electron chi connectivity index (χ4n) is 3.89. The number of hydrogen-bond acceptors (Lipinski definition) is 6. The van der Waals surface area contributed by atoms with Gasteiger partial charge in [-0.25, -0.2) is 4.79 Å². The Labute approximate surface area is 228 Å². The predicted octanol–water partition coefficient (Wildman–Crippen LogP) is 3.33. The van der Waals surface area contributed by atoms with Gasteiger partial charge >= 0.3 is 12.1 Å². The van der Waals surface area contributed by atoms with Crippen molar-refractivity contribution in [1.82, 2.24) is 15.5 Å². The third-order valence-corrected chi connectivity index (χ3v) is 5.67. The highest BCUT2D eigenvalue weighted by Gasteiger charge is 2.34. The Morgan fingerprint density at radius 2 is 1.54 bits per heavy atom. The highest BCUT2D eigenvalue weighted by Crippen LogP contribution is 2.24. The number of Topliss-reactive ketones (excluding diaryl/α,β-unsaturated/α-hetero) is 1. The zero-order chi connectivity index (χ0) is 29.0. The van der Waals surface area contributed by atoms with Gasteiger partial charge in [-0.3, -0.25) is 19.2 Å². The van der Waals surface area contributed by atoms with Crippen LogP contribution in [0.5, 0.6) is 0 Å². The largest absolute Gasteiger partial charge is 0.480 e. The van der Waals surface area contributed by atoms with Gasteiger partial charge in [-0.05, 0) is 38.8 Å². The summed E-state index contributed by atoms with van der Waals surface area (Å²) in [4.78, 5) is 60.7. The molecule has 2 aromatic carbocycles. The van der Waals surface area contributed by atoms with Gasteiger partial charge in [-0.2, -0.15) is 0 Å². The van der Waals surface area contributed by atoms with E-state index in [1.165, 1.54) is 4.90 Å². The van der Waals surface area contributed by atoms with Crippen LogP contribution < -0.4 is 10.6 Å². The Kier molecular flexibility index (Phi) is 11.7. The SMILES string of the molecule is CCNC(=O)OC(C)(C)C.O=C(O)CNC(=O)C1Cc2ccccc2CN1C(=O)CCC(=O)c1ccccc1. The van der Waals surface area contributed by atoms with Crippen molar-refractivity contribution in [3.63, 3.8) is 0 Å². The van der Waals surface area contributed by atoms with E-state index < -0.39 is 24.5 Å². The summed E-state index contributed by atoms with van der Waals surface area (Å²) in [6, 6.07) is 15.5. The van der Waals surface area contributed by atoms with Gasteiger partial charge in [0.05, 0.1) is 0 Å². The van der Waals surface area contributed by atoms with Crippen molar-refractivity contribution in [2.45, 2.75) is 65.1 Å². The fourth-order valence-corrected chi connectivity index (χ4v) is 3.89. The molecule has 0 spiro atoms. The normalized spacial score (nSPS) is 14.2. The molecule has 39 heavy (non-hydrogen) atoms. The van der Waals surface area contributed by atoms with Crippen LogP contribution >= 0.6 is 0 Å². The van der Waals surface area contributed by atoms with Gasteiger partial charge in [-0.15, -0.1) is 0 Å². The van der Waals surface area contributed by atoms with Crippen molar-refractivity contribution in [3.8, 4) is 0 Å². The second-order valence-corrected chi connectivity index (χ2v) is 9.94. The number of ether oxygens (including phenoxy) is 1. The molecule has 0 saturated heterocycles. The number of carbonyl (C=O) groups is 5. The van der Waals surface area contributed by atoms with Gasteiger partial charge in [0.2, 0.25) is 11.8 Å². The molecule has 0 bridgehead atoms. The quantitative estimate of drug-likeness (QED) is 0.437. The number of nitrogens with zero attached hydrogens (tertiary/aromatic N) is 1. The van der Waals surface area contributed by atoms with Crippen LogP contribution in [0.3, 0.4) is 0 Å². The minimum Gasteiger partial charge on any atom is -0.480 e. The lowest BCUT2D eigenvalue weighted by Gasteiger charge is -2.36. The Bertz CT molecular complexity index is 1160. The van der Waals surface area contributed by atoms with Crippen molar-refractivity contribution in [2.24, 2.45) is 0 Å². The van der Waals surface area contributed by atoms with Crippen LogP contribution in [0, 0.1) is 0 Å². The first-order chi connectivity index (χ1) is 18.4. The summed E-state index contributed by atoms with van der Waals surface area (Å²) in [6.45, 7) is 7.71. The molecule has 3 rings (SSSR count). The summed E-state index contributed by atoms with van der Waals surface area (Å²) in [7, 11) is 0. The van der Waals surface area contributed by atoms with Crippen LogP contribution in [-0.2, 0) is 32.1 Å². The second kappa shape index (κ2) is 14.7. The Balaban J connectivity index is 0.000000455. The molecular weight excluding hydrogens is 502 g/mol. The van der Waals surface area contributed by atoms with Gasteiger partial charge in [0.25, 0.3) is 0 Å². The molecule has 1 atom stereocenters. The van der Waals surface area contributed by atoms with Crippen molar-refractivity contribution in [1.29, 1.82) is 0 Å². The molecule has 0 saturated carbocycles. The van der Waals surface area contributed by atoms with E-state index in [4.69, 9.17) is 9.84 Å². The predicted molar refractivity (Wildman–Crippen MR) is 145 cm³/mol. The first kappa shape index (κ1) is 31.0. The highest BCUT2D eigenvalue weighted by atomic mass is 16.6. The Morgan fingerprint density at radius 1 is 0.923 bits per heavy atom.